The maximum atomic E-state index is 5.45. The maximum absolute atomic E-state index is 5.45. The molecule has 1 saturated carbocycles. The highest BCUT2D eigenvalue weighted by Gasteiger charge is 2.27. The third-order valence-corrected chi connectivity index (χ3v) is 3.21. The molecule has 0 unspecified atom stereocenters. The molecule has 1 aromatic rings. The fraction of sp³-hybridized carbons (Fsp3) is 0.583. The average molecular weight is 204 g/mol. The van der Waals surface area contributed by atoms with Gasteiger partial charge in [0.2, 0.25) is 0 Å². The van der Waals surface area contributed by atoms with E-state index in [1.807, 2.05) is 0 Å². The first-order chi connectivity index (χ1) is 7.38. The Morgan fingerprint density at radius 3 is 3.07 bits per heavy atom. The zero-order valence-electron chi connectivity index (χ0n) is 9.05. The summed E-state index contributed by atoms with van der Waals surface area (Å²) in [5, 5.41) is 3.37. The van der Waals surface area contributed by atoms with Gasteiger partial charge in [-0.2, -0.15) is 0 Å². The number of rotatable bonds is 2. The Balaban J connectivity index is 2.06. The first-order valence-corrected chi connectivity index (χ1v) is 5.70. The largest absolute Gasteiger partial charge is 0.496 e. The first kappa shape index (κ1) is 9.01. The van der Waals surface area contributed by atoms with E-state index in [-0.39, 0.29) is 0 Å². The van der Waals surface area contributed by atoms with Gasteiger partial charge in [0.1, 0.15) is 11.6 Å². The van der Waals surface area contributed by atoms with Crippen LogP contribution in [0.3, 0.4) is 0 Å². The molecule has 1 aromatic heterocycles. The van der Waals surface area contributed by atoms with Gasteiger partial charge in [-0.25, -0.2) is 4.98 Å². The molecule has 1 fully saturated rings. The maximum Gasteiger partial charge on any atom is 0.133 e. The number of hydrogen-bond donors (Lipinski definition) is 1. The van der Waals surface area contributed by atoms with E-state index in [1.165, 1.54) is 30.5 Å². The lowest BCUT2D eigenvalue weighted by Gasteiger charge is -2.20. The van der Waals surface area contributed by atoms with Crippen molar-refractivity contribution in [3.63, 3.8) is 0 Å². The van der Waals surface area contributed by atoms with Crippen LogP contribution >= 0.6 is 0 Å². The van der Waals surface area contributed by atoms with E-state index in [0.29, 0.717) is 5.92 Å². The molecule has 0 amide bonds. The molecule has 3 nitrogen and oxygen atoms in total. The van der Waals surface area contributed by atoms with Crippen LogP contribution in [0.1, 0.15) is 36.4 Å². The van der Waals surface area contributed by atoms with Crippen LogP contribution in [0.2, 0.25) is 0 Å². The lowest BCUT2D eigenvalue weighted by Crippen LogP contribution is -2.15. The van der Waals surface area contributed by atoms with E-state index < -0.39 is 0 Å². The predicted molar refractivity (Wildman–Crippen MR) is 59.6 cm³/mol. The van der Waals surface area contributed by atoms with Crippen molar-refractivity contribution in [2.24, 2.45) is 0 Å². The Kier molecular flexibility index (Phi) is 2.04. The van der Waals surface area contributed by atoms with E-state index in [0.717, 1.165) is 24.5 Å². The second-order valence-electron chi connectivity index (χ2n) is 4.38. The molecule has 1 N–H and O–H groups in total. The van der Waals surface area contributed by atoms with E-state index in [1.54, 1.807) is 7.11 Å². The number of hydrogen-bond acceptors (Lipinski definition) is 3. The quantitative estimate of drug-likeness (QED) is 0.802. The SMILES string of the molecule is COc1cc(C2CC2)nc2c1CCCN2. The summed E-state index contributed by atoms with van der Waals surface area (Å²) in [6.07, 6.45) is 4.83. The van der Waals surface area contributed by atoms with E-state index in [2.05, 4.69) is 11.4 Å². The minimum absolute atomic E-state index is 0.688. The molecule has 1 aliphatic heterocycles. The van der Waals surface area contributed by atoms with Crippen molar-refractivity contribution in [2.45, 2.75) is 31.6 Å². The zero-order valence-corrected chi connectivity index (χ0v) is 9.05. The smallest absolute Gasteiger partial charge is 0.133 e. The van der Waals surface area contributed by atoms with Crippen LogP contribution in [-0.4, -0.2) is 18.6 Å². The normalized spacial score (nSPS) is 19.3. The van der Waals surface area contributed by atoms with Gasteiger partial charge in [0.15, 0.2) is 0 Å². The Labute approximate surface area is 89.9 Å². The molecule has 0 radical (unpaired) electrons. The summed E-state index contributed by atoms with van der Waals surface area (Å²) < 4.78 is 5.45. The molecule has 15 heavy (non-hydrogen) atoms. The summed E-state index contributed by atoms with van der Waals surface area (Å²) in [7, 11) is 1.75. The summed E-state index contributed by atoms with van der Waals surface area (Å²) >= 11 is 0. The molecule has 1 aliphatic carbocycles. The van der Waals surface area contributed by atoms with Gasteiger partial charge in [-0.3, -0.25) is 0 Å². The molecule has 0 aromatic carbocycles. The van der Waals surface area contributed by atoms with Crippen LogP contribution in [0.4, 0.5) is 5.82 Å². The van der Waals surface area contributed by atoms with Gasteiger partial charge in [-0.1, -0.05) is 0 Å². The fourth-order valence-corrected chi connectivity index (χ4v) is 2.20. The minimum atomic E-state index is 0.688. The van der Waals surface area contributed by atoms with Gasteiger partial charge in [0.25, 0.3) is 0 Å². The lowest BCUT2D eigenvalue weighted by molar-refractivity contribution is 0.407. The van der Waals surface area contributed by atoms with Crippen LogP contribution in [0.25, 0.3) is 0 Å². The van der Waals surface area contributed by atoms with Crippen molar-refractivity contribution in [2.75, 3.05) is 19.0 Å². The number of pyridine rings is 1. The molecule has 0 bridgehead atoms. The minimum Gasteiger partial charge on any atom is -0.496 e. The van der Waals surface area contributed by atoms with E-state index >= 15 is 0 Å². The molecular weight excluding hydrogens is 188 g/mol. The number of nitrogens with zero attached hydrogens (tertiary/aromatic N) is 1. The Hall–Kier alpha value is -1.25. The van der Waals surface area contributed by atoms with Gasteiger partial charge in [-0.15, -0.1) is 0 Å². The summed E-state index contributed by atoms with van der Waals surface area (Å²) in [6.45, 7) is 1.04. The third-order valence-electron chi connectivity index (χ3n) is 3.21. The Morgan fingerprint density at radius 1 is 1.47 bits per heavy atom. The van der Waals surface area contributed by atoms with Crippen LogP contribution in [-0.2, 0) is 6.42 Å². The highest BCUT2D eigenvalue weighted by Crippen LogP contribution is 2.42. The van der Waals surface area contributed by atoms with E-state index in [4.69, 9.17) is 9.72 Å². The molecule has 2 aliphatic rings. The summed E-state index contributed by atoms with van der Waals surface area (Å²) in [5.74, 6) is 2.77. The van der Waals surface area contributed by atoms with Crippen LogP contribution < -0.4 is 10.1 Å². The van der Waals surface area contributed by atoms with Gasteiger partial charge < -0.3 is 10.1 Å². The second kappa shape index (κ2) is 3.40. The molecule has 3 heteroatoms. The molecule has 3 rings (SSSR count). The monoisotopic (exact) mass is 204 g/mol. The summed E-state index contributed by atoms with van der Waals surface area (Å²) in [4.78, 5) is 4.69. The van der Waals surface area contributed by atoms with Crippen molar-refractivity contribution in [1.82, 2.24) is 4.98 Å². The zero-order chi connectivity index (χ0) is 10.3. The number of ether oxygens (including phenoxy) is 1. The third kappa shape index (κ3) is 1.56. The highest BCUT2D eigenvalue weighted by atomic mass is 16.5. The number of anilines is 1. The average Bonchev–Trinajstić information content (AvgIpc) is 3.11. The van der Waals surface area contributed by atoms with Crippen molar-refractivity contribution >= 4 is 5.82 Å². The molecule has 2 heterocycles. The van der Waals surface area contributed by atoms with Crippen LogP contribution in [0, 0.1) is 0 Å². The summed E-state index contributed by atoms with van der Waals surface area (Å²) in [6, 6.07) is 2.13. The molecule has 0 atom stereocenters. The van der Waals surface area contributed by atoms with Crippen LogP contribution in [0.15, 0.2) is 6.07 Å². The lowest BCUT2D eigenvalue weighted by atomic mass is 10.0. The highest BCUT2D eigenvalue weighted by molar-refractivity contribution is 5.55. The first-order valence-electron chi connectivity index (χ1n) is 5.70. The van der Waals surface area contributed by atoms with Gasteiger partial charge >= 0.3 is 0 Å². The molecule has 80 valence electrons. The molecule has 0 saturated heterocycles. The number of methoxy groups -OCH3 is 1. The number of aromatic nitrogens is 1. The van der Waals surface area contributed by atoms with Crippen molar-refractivity contribution in [3.8, 4) is 5.75 Å². The predicted octanol–water partition coefficient (Wildman–Crippen LogP) is 2.33. The fourth-order valence-electron chi connectivity index (χ4n) is 2.20. The second-order valence-corrected chi connectivity index (χ2v) is 4.38. The molecule has 0 spiro atoms. The Morgan fingerprint density at radius 2 is 2.33 bits per heavy atom. The van der Waals surface area contributed by atoms with Crippen LogP contribution in [0.5, 0.6) is 5.75 Å². The van der Waals surface area contributed by atoms with Gasteiger partial charge in [0, 0.05) is 29.8 Å². The number of fused-ring (bicyclic) bond motifs is 1. The van der Waals surface area contributed by atoms with Crippen molar-refractivity contribution in [1.29, 1.82) is 0 Å². The number of nitrogens with one attached hydrogen (secondary N) is 1. The summed E-state index contributed by atoms with van der Waals surface area (Å²) in [5.41, 5.74) is 2.47. The standard InChI is InChI=1S/C12H16N2O/c1-15-11-7-10(8-4-5-8)14-12-9(11)3-2-6-13-12/h7-8H,2-6H2,1H3,(H,13,14). The van der Waals surface area contributed by atoms with E-state index in [9.17, 15) is 0 Å². The van der Waals surface area contributed by atoms with Crippen molar-refractivity contribution < 1.29 is 4.74 Å². The Bertz CT molecular complexity index is 368. The van der Waals surface area contributed by atoms with Gasteiger partial charge in [-0.05, 0) is 25.7 Å². The van der Waals surface area contributed by atoms with Gasteiger partial charge in [0.05, 0.1) is 7.11 Å². The molecular formula is C12H16N2O. The van der Waals surface area contributed by atoms with Crippen molar-refractivity contribution in [3.05, 3.63) is 17.3 Å². The topological polar surface area (TPSA) is 34.1 Å².